The van der Waals surface area contributed by atoms with Gasteiger partial charge in [-0.05, 0) is 12.1 Å². The van der Waals surface area contributed by atoms with Gasteiger partial charge in [0.1, 0.15) is 6.54 Å². The summed E-state index contributed by atoms with van der Waals surface area (Å²) in [4.78, 5) is 27.6. The maximum atomic E-state index is 12.0. The third kappa shape index (κ3) is 1.01. The van der Waals surface area contributed by atoms with Crippen molar-refractivity contribution in [3.05, 3.63) is 34.6 Å². The van der Waals surface area contributed by atoms with Crippen LogP contribution in [-0.4, -0.2) is 15.5 Å². The maximum absolute atomic E-state index is 12.0. The summed E-state index contributed by atoms with van der Waals surface area (Å²) in [5.74, 6) is 5.38. The molecule has 0 atom stereocenters. The minimum absolute atomic E-state index is 0.0392. The lowest BCUT2D eigenvalue weighted by Crippen LogP contribution is -2.34. The van der Waals surface area contributed by atoms with Gasteiger partial charge in [0.2, 0.25) is 5.95 Å². The van der Waals surface area contributed by atoms with Gasteiger partial charge < -0.3 is 0 Å². The Hall–Kier alpha value is -2.21. The molecule has 3 rings (SSSR count). The van der Waals surface area contributed by atoms with Gasteiger partial charge in [0.05, 0.1) is 10.9 Å². The lowest BCUT2D eigenvalue weighted by Gasteiger charge is -2.07. The third-order valence-corrected chi connectivity index (χ3v) is 2.62. The van der Waals surface area contributed by atoms with Crippen LogP contribution in [-0.2, 0) is 11.3 Å². The first-order chi connectivity index (χ1) is 7.68. The average molecular weight is 216 g/mol. The molecule has 1 aliphatic heterocycles. The highest BCUT2D eigenvalue weighted by Gasteiger charge is 2.28. The number of rotatable bonds is 0. The quantitative estimate of drug-likeness (QED) is 0.480. The van der Waals surface area contributed by atoms with Crippen LogP contribution >= 0.6 is 0 Å². The molecular formula is C10H8N4O2. The summed E-state index contributed by atoms with van der Waals surface area (Å²) >= 11 is 0. The van der Waals surface area contributed by atoms with Gasteiger partial charge >= 0.3 is 0 Å². The van der Waals surface area contributed by atoms with Crippen molar-refractivity contribution in [3.63, 3.8) is 0 Å². The summed E-state index contributed by atoms with van der Waals surface area (Å²) in [5, 5.41) is 1.41. The van der Waals surface area contributed by atoms with E-state index < -0.39 is 0 Å². The smallest absolute Gasteiger partial charge is 0.263 e. The third-order valence-electron chi connectivity index (χ3n) is 2.62. The summed E-state index contributed by atoms with van der Waals surface area (Å²) in [6.07, 6.45) is 0. The number of carbonyl (C=O) groups excluding carboxylic acids is 1. The van der Waals surface area contributed by atoms with Crippen molar-refractivity contribution < 1.29 is 4.79 Å². The van der Waals surface area contributed by atoms with Crippen LogP contribution in [0.2, 0.25) is 0 Å². The van der Waals surface area contributed by atoms with E-state index in [0.717, 1.165) is 5.01 Å². The molecule has 0 bridgehead atoms. The number of amides is 1. The van der Waals surface area contributed by atoms with Crippen molar-refractivity contribution in [2.24, 2.45) is 5.84 Å². The van der Waals surface area contributed by atoms with Crippen LogP contribution in [0.5, 0.6) is 0 Å². The van der Waals surface area contributed by atoms with Crippen LogP contribution in [0.4, 0.5) is 5.95 Å². The number of para-hydroxylation sites is 1. The number of nitrogens with zero attached hydrogens (tertiary/aromatic N) is 3. The van der Waals surface area contributed by atoms with Gasteiger partial charge in [-0.25, -0.2) is 15.8 Å². The molecule has 2 N–H and O–H groups in total. The predicted octanol–water partition coefficient (Wildman–Crippen LogP) is -0.383. The van der Waals surface area contributed by atoms with Crippen LogP contribution in [0.3, 0.4) is 0 Å². The SMILES string of the molecule is NN1C(=O)Cn2c1nc1ccccc1c2=O. The zero-order chi connectivity index (χ0) is 11.3. The molecule has 1 amide bonds. The fraction of sp³-hybridized carbons (Fsp3) is 0.100. The van der Waals surface area contributed by atoms with Crippen molar-refractivity contribution in [2.45, 2.75) is 6.54 Å². The highest BCUT2D eigenvalue weighted by Crippen LogP contribution is 2.17. The van der Waals surface area contributed by atoms with Crippen molar-refractivity contribution in [1.82, 2.24) is 9.55 Å². The molecule has 2 aromatic rings. The molecule has 0 spiro atoms. The molecule has 1 aliphatic rings. The Labute approximate surface area is 89.9 Å². The molecule has 16 heavy (non-hydrogen) atoms. The Morgan fingerprint density at radius 2 is 2.00 bits per heavy atom. The first-order valence-electron chi connectivity index (χ1n) is 4.76. The molecule has 1 aromatic carbocycles. The molecule has 0 saturated carbocycles. The molecule has 0 radical (unpaired) electrons. The van der Waals surface area contributed by atoms with Gasteiger partial charge in [-0.2, -0.15) is 0 Å². The molecule has 0 saturated heterocycles. The van der Waals surface area contributed by atoms with Crippen LogP contribution in [0, 0.1) is 0 Å². The number of hydrogen-bond donors (Lipinski definition) is 1. The van der Waals surface area contributed by atoms with Gasteiger partial charge in [0.15, 0.2) is 0 Å². The van der Waals surface area contributed by atoms with Crippen LogP contribution < -0.4 is 16.4 Å². The average Bonchev–Trinajstić information content (AvgIpc) is 2.58. The van der Waals surface area contributed by atoms with Crippen molar-refractivity contribution in [1.29, 1.82) is 0 Å². The molecule has 1 aromatic heterocycles. The second-order valence-electron chi connectivity index (χ2n) is 3.58. The number of hydrazine groups is 1. The Bertz CT molecular complexity index is 661. The van der Waals surface area contributed by atoms with Gasteiger partial charge in [-0.3, -0.25) is 14.2 Å². The van der Waals surface area contributed by atoms with Crippen molar-refractivity contribution in [2.75, 3.05) is 5.01 Å². The Kier molecular flexibility index (Phi) is 1.64. The fourth-order valence-electron chi connectivity index (χ4n) is 1.81. The molecule has 2 heterocycles. The van der Waals surface area contributed by atoms with E-state index in [0.29, 0.717) is 10.9 Å². The summed E-state index contributed by atoms with van der Waals surface area (Å²) < 4.78 is 1.28. The largest absolute Gasteiger partial charge is 0.271 e. The number of hydrogen-bond acceptors (Lipinski definition) is 4. The number of anilines is 1. The molecule has 0 aliphatic carbocycles. The molecule has 0 fully saturated rings. The van der Waals surface area contributed by atoms with E-state index in [2.05, 4.69) is 4.98 Å². The maximum Gasteiger partial charge on any atom is 0.263 e. The monoisotopic (exact) mass is 216 g/mol. The fourth-order valence-corrected chi connectivity index (χ4v) is 1.81. The van der Waals surface area contributed by atoms with Crippen LogP contribution in [0.25, 0.3) is 10.9 Å². The van der Waals surface area contributed by atoms with Gasteiger partial charge in [0, 0.05) is 0 Å². The van der Waals surface area contributed by atoms with Gasteiger partial charge in [-0.1, -0.05) is 12.1 Å². The Morgan fingerprint density at radius 1 is 1.25 bits per heavy atom. The number of aromatic nitrogens is 2. The van der Waals surface area contributed by atoms with E-state index in [1.165, 1.54) is 4.57 Å². The zero-order valence-corrected chi connectivity index (χ0v) is 8.25. The van der Waals surface area contributed by atoms with Gasteiger partial charge in [-0.15, -0.1) is 0 Å². The zero-order valence-electron chi connectivity index (χ0n) is 8.25. The van der Waals surface area contributed by atoms with Crippen molar-refractivity contribution >= 4 is 22.8 Å². The van der Waals surface area contributed by atoms with E-state index >= 15 is 0 Å². The van der Waals surface area contributed by atoms with Gasteiger partial charge in [0.25, 0.3) is 11.5 Å². The predicted molar refractivity (Wildman–Crippen MR) is 57.7 cm³/mol. The normalized spacial score (nSPS) is 14.6. The van der Waals surface area contributed by atoms with Crippen LogP contribution in [0.1, 0.15) is 0 Å². The van der Waals surface area contributed by atoms with E-state index in [1.54, 1.807) is 24.3 Å². The second-order valence-corrected chi connectivity index (χ2v) is 3.58. The number of nitrogens with two attached hydrogens (primary N) is 1. The molecule has 6 heteroatoms. The summed E-state index contributed by atoms with van der Waals surface area (Å²) in [5.41, 5.74) is 0.311. The lowest BCUT2D eigenvalue weighted by molar-refractivity contribution is -0.118. The molecule has 0 unspecified atom stereocenters. The van der Waals surface area contributed by atoms with E-state index in [4.69, 9.17) is 5.84 Å². The van der Waals surface area contributed by atoms with E-state index in [9.17, 15) is 9.59 Å². The number of carbonyl (C=O) groups is 1. The van der Waals surface area contributed by atoms with E-state index in [1.807, 2.05) is 0 Å². The number of benzene rings is 1. The number of fused-ring (bicyclic) bond motifs is 2. The Balaban J connectivity index is 2.45. The summed E-state index contributed by atoms with van der Waals surface area (Å²) in [6, 6.07) is 6.94. The standard InChI is InChI=1S/C10H8N4O2/c11-14-8(15)5-13-9(16)6-3-1-2-4-7(6)12-10(13)14/h1-4H,5,11H2. The Morgan fingerprint density at radius 3 is 2.81 bits per heavy atom. The van der Waals surface area contributed by atoms with Crippen LogP contribution in [0.15, 0.2) is 29.1 Å². The first-order valence-corrected chi connectivity index (χ1v) is 4.76. The first kappa shape index (κ1) is 9.05. The lowest BCUT2D eigenvalue weighted by atomic mass is 10.2. The summed E-state index contributed by atoms with van der Waals surface area (Å²) in [6.45, 7) is -0.0392. The summed E-state index contributed by atoms with van der Waals surface area (Å²) in [7, 11) is 0. The second kappa shape index (κ2) is 2.89. The molecule has 80 valence electrons. The van der Waals surface area contributed by atoms with Crippen molar-refractivity contribution in [3.8, 4) is 0 Å². The minimum Gasteiger partial charge on any atom is -0.271 e. The topological polar surface area (TPSA) is 81.2 Å². The highest BCUT2D eigenvalue weighted by molar-refractivity contribution is 5.95. The highest BCUT2D eigenvalue weighted by atomic mass is 16.2. The molecular weight excluding hydrogens is 208 g/mol. The minimum atomic E-state index is -0.333. The van der Waals surface area contributed by atoms with E-state index in [-0.39, 0.29) is 24.0 Å². The molecule has 6 nitrogen and oxygen atoms in total.